The molecule has 0 aliphatic carbocycles. The number of carbonyl (C=O) groups is 1. The van der Waals surface area contributed by atoms with Crippen LogP contribution in [0.3, 0.4) is 0 Å². The molecule has 216 valence electrons. The summed E-state index contributed by atoms with van der Waals surface area (Å²) in [7, 11) is -4.36. The van der Waals surface area contributed by atoms with Crippen molar-refractivity contribution in [1.82, 2.24) is 14.6 Å². The molecule has 3 heterocycles. The number of nitrogens with one attached hydrogen (secondary N) is 2. The third kappa shape index (κ3) is 6.71. The van der Waals surface area contributed by atoms with Crippen molar-refractivity contribution in [2.75, 3.05) is 19.8 Å². The van der Waals surface area contributed by atoms with Gasteiger partial charge in [0.25, 0.3) is 5.56 Å². The molecule has 4 rings (SSSR count). The monoisotopic (exact) mass is 579 g/mol. The minimum absolute atomic E-state index is 0.147. The lowest BCUT2D eigenvalue weighted by Crippen LogP contribution is -2.48. The molecule has 0 radical (unpaired) electrons. The number of aromatic nitrogens is 2. The van der Waals surface area contributed by atoms with Gasteiger partial charge in [-0.05, 0) is 19.1 Å². The van der Waals surface area contributed by atoms with Gasteiger partial charge in [-0.3, -0.25) is 23.7 Å². The van der Waals surface area contributed by atoms with Gasteiger partial charge in [-0.15, -0.1) is 6.42 Å². The van der Waals surface area contributed by atoms with Crippen LogP contribution in [0.2, 0.25) is 0 Å². The Bertz CT molecular complexity index is 1380. The van der Waals surface area contributed by atoms with Crippen LogP contribution in [0.5, 0.6) is 5.75 Å². The lowest BCUT2D eigenvalue weighted by molar-refractivity contribution is -0.154. The third-order valence-corrected chi connectivity index (χ3v) is 8.00. The average molecular weight is 579 g/mol. The Labute approximate surface area is 228 Å². The minimum atomic E-state index is -4.36. The summed E-state index contributed by atoms with van der Waals surface area (Å²) < 4.78 is 42.1. The van der Waals surface area contributed by atoms with Gasteiger partial charge in [0.1, 0.15) is 30.1 Å². The predicted octanol–water partition coefficient (Wildman–Crippen LogP) is 0.0632. The molecule has 2 aliphatic rings. The first-order valence-electron chi connectivity index (χ1n) is 12.4. The van der Waals surface area contributed by atoms with Crippen LogP contribution in [0.15, 0.2) is 52.2 Å². The largest absolute Gasteiger partial charge is 0.461 e. The van der Waals surface area contributed by atoms with Crippen molar-refractivity contribution in [3.63, 3.8) is 0 Å². The number of terminal acetylenes is 1. The van der Waals surface area contributed by atoms with Gasteiger partial charge >= 0.3 is 19.4 Å². The van der Waals surface area contributed by atoms with E-state index in [1.54, 1.807) is 18.2 Å². The SMILES string of the molecule is C#C[C@@]1(O)[C@H](O)[C@@H](COP(=O)(N[C@@H](C)C(=O)OC2CCOCC2)Oc2ccccc2)O[C@H]1n1ccc(=O)[nH]c1=O. The number of benzene rings is 1. The molecule has 1 aromatic heterocycles. The Hall–Kier alpha value is -3.28. The molecule has 15 heteroatoms. The van der Waals surface area contributed by atoms with Crippen LogP contribution in [0, 0.1) is 12.3 Å². The summed E-state index contributed by atoms with van der Waals surface area (Å²) in [5.74, 6) is 1.48. The van der Waals surface area contributed by atoms with E-state index < -0.39 is 61.7 Å². The summed E-state index contributed by atoms with van der Waals surface area (Å²) in [5.41, 5.74) is -4.07. The molecule has 0 saturated carbocycles. The molecule has 1 aromatic carbocycles. The number of hydrogen-bond donors (Lipinski definition) is 4. The van der Waals surface area contributed by atoms with Crippen molar-refractivity contribution in [1.29, 1.82) is 0 Å². The molecule has 0 spiro atoms. The highest BCUT2D eigenvalue weighted by Crippen LogP contribution is 2.47. The highest BCUT2D eigenvalue weighted by Gasteiger charge is 2.56. The van der Waals surface area contributed by atoms with Gasteiger partial charge in [0.05, 0.1) is 19.8 Å². The molecule has 6 atom stereocenters. The van der Waals surface area contributed by atoms with Gasteiger partial charge in [0, 0.05) is 25.1 Å². The maximum absolute atomic E-state index is 13.8. The van der Waals surface area contributed by atoms with Gasteiger partial charge in [0.2, 0.25) is 0 Å². The van der Waals surface area contributed by atoms with Crippen molar-refractivity contribution < 1.29 is 42.8 Å². The number of carbonyl (C=O) groups excluding carboxylic acids is 1. The zero-order chi connectivity index (χ0) is 28.9. The molecule has 4 N–H and O–H groups in total. The Balaban J connectivity index is 1.51. The van der Waals surface area contributed by atoms with Crippen LogP contribution in [0.25, 0.3) is 0 Å². The van der Waals surface area contributed by atoms with Crippen molar-refractivity contribution in [2.45, 2.75) is 55.9 Å². The van der Waals surface area contributed by atoms with Crippen LogP contribution >= 0.6 is 7.75 Å². The molecule has 40 heavy (non-hydrogen) atoms. The van der Waals surface area contributed by atoms with E-state index in [1.165, 1.54) is 19.1 Å². The molecular weight excluding hydrogens is 549 g/mol. The van der Waals surface area contributed by atoms with Crippen molar-refractivity contribution >= 4 is 13.7 Å². The van der Waals surface area contributed by atoms with E-state index >= 15 is 0 Å². The number of esters is 1. The molecule has 2 aliphatic heterocycles. The Morgan fingerprint density at radius 3 is 2.65 bits per heavy atom. The first-order chi connectivity index (χ1) is 19.0. The van der Waals surface area contributed by atoms with Crippen molar-refractivity contribution in [3.8, 4) is 18.1 Å². The number of rotatable bonds is 10. The van der Waals surface area contributed by atoms with Crippen LogP contribution in [0.1, 0.15) is 26.0 Å². The number of aliphatic hydroxyl groups excluding tert-OH is 1. The number of hydrogen-bond acceptors (Lipinski definition) is 11. The second kappa shape index (κ2) is 12.5. The number of H-pyrrole nitrogens is 1. The van der Waals surface area contributed by atoms with E-state index in [9.17, 15) is 29.2 Å². The highest BCUT2D eigenvalue weighted by molar-refractivity contribution is 7.52. The topological polar surface area (TPSA) is 188 Å². The summed E-state index contributed by atoms with van der Waals surface area (Å²) in [5, 5.41) is 24.3. The summed E-state index contributed by atoms with van der Waals surface area (Å²) in [6, 6.07) is 7.87. The van der Waals surface area contributed by atoms with Crippen LogP contribution in [-0.4, -0.2) is 75.5 Å². The van der Waals surface area contributed by atoms with E-state index in [-0.39, 0.29) is 11.9 Å². The quantitative estimate of drug-likeness (QED) is 0.169. The van der Waals surface area contributed by atoms with E-state index in [0.717, 1.165) is 16.8 Å². The molecule has 2 aromatic rings. The number of para-hydroxylation sites is 1. The minimum Gasteiger partial charge on any atom is -0.461 e. The Kier molecular flexibility index (Phi) is 9.27. The molecule has 2 saturated heterocycles. The number of aromatic amines is 1. The second-order valence-corrected chi connectivity index (χ2v) is 10.9. The lowest BCUT2D eigenvalue weighted by atomic mass is 9.95. The van der Waals surface area contributed by atoms with Crippen molar-refractivity contribution in [2.24, 2.45) is 0 Å². The second-order valence-electron chi connectivity index (χ2n) is 9.26. The maximum atomic E-state index is 13.8. The zero-order valence-corrected chi connectivity index (χ0v) is 22.4. The van der Waals surface area contributed by atoms with Gasteiger partial charge in [-0.1, -0.05) is 24.1 Å². The van der Waals surface area contributed by atoms with Crippen molar-refractivity contribution in [3.05, 3.63) is 63.4 Å². The van der Waals surface area contributed by atoms with E-state index in [4.69, 9.17) is 29.7 Å². The fourth-order valence-electron chi connectivity index (χ4n) is 4.18. The highest BCUT2D eigenvalue weighted by atomic mass is 31.2. The first-order valence-corrected chi connectivity index (χ1v) is 14.0. The normalized spacial score (nSPS) is 27.3. The lowest BCUT2D eigenvalue weighted by Gasteiger charge is -2.27. The fourth-order valence-corrected chi connectivity index (χ4v) is 5.68. The zero-order valence-electron chi connectivity index (χ0n) is 21.5. The summed E-state index contributed by atoms with van der Waals surface area (Å²) in [6.45, 7) is 1.68. The smallest absolute Gasteiger partial charge is 0.459 e. The standard InChI is InChI=1S/C25H30N3O11P/c1-3-25(33)21(30)19(38-23(25)28-12-9-20(29)26-24(28)32)15-36-40(34,39-18-7-5-4-6-8-18)27-16(2)22(31)37-17-10-13-35-14-11-17/h1,4-9,12,16-17,19,21,23,30,33H,10-11,13-15H2,2H3,(H,27,34)(H,26,29,32)/t16-,19+,21+,23+,25+,40?/m0/s1. The average Bonchev–Trinajstić information content (AvgIpc) is 3.18. The van der Waals surface area contributed by atoms with E-state index in [2.05, 4.69) is 5.09 Å². The van der Waals surface area contributed by atoms with Gasteiger partial charge in [-0.2, -0.15) is 5.09 Å². The van der Waals surface area contributed by atoms with Crippen LogP contribution in [0.4, 0.5) is 0 Å². The summed E-state index contributed by atoms with van der Waals surface area (Å²) >= 11 is 0. The van der Waals surface area contributed by atoms with Crippen LogP contribution in [-0.2, 0) is 28.1 Å². The molecule has 0 amide bonds. The third-order valence-electron chi connectivity index (χ3n) is 6.35. The predicted molar refractivity (Wildman–Crippen MR) is 138 cm³/mol. The fraction of sp³-hybridized carbons (Fsp3) is 0.480. The number of ether oxygens (including phenoxy) is 3. The Morgan fingerprint density at radius 2 is 2.00 bits per heavy atom. The van der Waals surface area contributed by atoms with Crippen LogP contribution < -0.4 is 20.9 Å². The first kappa shape index (κ1) is 29.7. The molecule has 14 nitrogen and oxygen atoms in total. The number of aliphatic hydroxyl groups is 2. The molecule has 1 unspecified atom stereocenters. The van der Waals surface area contributed by atoms with E-state index in [0.29, 0.717) is 26.1 Å². The Morgan fingerprint density at radius 1 is 1.30 bits per heavy atom. The molecular formula is C25H30N3O11P. The summed E-state index contributed by atoms with van der Waals surface area (Å²) in [6.07, 6.45) is 2.37. The number of nitrogens with zero attached hydrogens (tertiary/aromatic N) is 1. The van der Waals surface area contributed by atoms with Gasteiger partial charge in [0.15, 0.2) is 11.8 Å². The summed E-state index contributed by atoms with van der Waals surface area (Å²) in [4.78, 5) is 38.5. The van der Waals surface area contributed by atoms with Gasteiger partial charge in [-0.25, -0.2) is 9.36 Å². The molecule has 0 bridgehead atoms. The maximum Gasteiger partial charge on any atom is 0.459 e. The van der Waals surface area contributed by atoms with Gasteiger partial charge < -0.3 is 28.9 Å². The van der Waals surface area contributed by atoms with E-state index in [1.807, 2.05) is 10.9 Å². The molecule has 2 fully saturated rings.